The number of rotatable bonds is 5. The molecule has 26 heavy (non-hydrogen) atoms. The summed E-state index contributed by atoms with van der Waals surface area (Å²) < 4.78 is 6.11. The number of amides is 1. The molecule has 1 heterocycles. The Morgan fingerprint density at radius 3 is 2.69 bits per heavy atom. The van der Waals surface area contributed by atoms with Crippen LogP contribution in [0.5, 0.6) is 0 Å². The molecule has 3 rings (SSSR count). The number of anilines is 1. The Morgan fingerprint density at radius 2 is 1.92 bits per heavy atom. The lowest BCUT2D eigenvalue weighted by Crippen LogP contribution is -2.30. The Bertz CT molecular complexity index is 996. The highest BCUT2D eigenvalue weighted by atomic mass is 32.1. The molecular formula is C19H16N2O4S. The Hall–Kier alpha value is -3.06. The lowest BCUT2D eigenvalue weighted by atomic mass is 10.1. The van der Waals surface area contributed by atoms with Crippen LogP contribution in [0.1, 0.15) is 34.6 Å². The Kier molecular flexibility index (Phi) is 5.09. The van der Waals surface area contributed by atoms with Gasteiger partial charge >= 0.3 is 5.97 Å². The van der Waals surface area contributed by atoms with Gasteiger partial charge in [0.25, 0.3) is 5.91 Å². The van der Waals surface area contributed by atoms with E-state index in [2.05, 4.69) is 10.3 Å². The zero-order valence-corrected chi connectivity index (χ0v) is 15.0. The van der Waals surface area contributed by atoms with Crippen LogP contribution in [0, 0.1) is 0 Å². The smallest absolute Gasteiger partial charge is 0.338 e. The summed E-state index contributed by atoms with van der Waals surface area (Å²) in [7, 11) is 0. The number of ether oxygens (including phenoxy) is 1. The zero-order chi connectivity index (χ0) is 18.7. The van der Waals surface area contributed by atoms with Crippen molar-refractivity contribution in [2.75, 3.05) is 5.32 Å². The Balaban J connectivity index is 1.69. The van der Waals surface area contributed by atoms with Gasteiger partial charge in [-0.3, -0.25) is 9.59 Å². The molecule has 6 nitrogen and oxygen atoms in total. The maximum atomic E-state index is 12.3. The molecule has 0 saturated heterocycles. The van der Waals surface area contributed by atoms with Crippen molar-refractivity contribution >= 4 is 44.9 Å². The molecule has 0 spiro atoms. The number of carbonyl (C=O) groups excluding carboxylic acids is 3. The minimum Gasteiger partial charge on any atom is -0.449 e. The van der Waals surface area contributed by atoms with Crippen molar-refractivity contribution in [2.45, 2.75) is 20.0 Å². The number of nitrogens with one attached hydrogen (secondary N) is 1. The third kappa shape index (κ3) is 3.78. The molecule has 132 valence electrons. The van der Waals surface area contributed by atoms with Gasteiger partial charge in [0.15, 0.2) is 11.9 Å². The molecule has 3 aromatic rings. The number of ketones is 1. The van der Waals surface area contributed by atoms with Crippen LogP contribution in [-0.2, 0) is 9.53 Å². The fraction of sp³-hybridized carbons (Fsp3) is 0.158. The van der Waals surface area contributed by atoms with Crippen molar-refractivity contribution in [1.82, 2.24) is 4.98 Å². The van der Waals surface area contributed by atoms with Crippen LogP contribution in [0.4, 0.5) is 5.69 Å². The number of esters is 1. The van der Waals surface area contributed by atoms with Gasteiger partial charge in [-0.1, -0.05) is 12.1 Å². The van der Waals surface area contributed by atoms with E-state index in [9.17, 15) is 14.4 Å². The number of fused-ring (bicyclic) bond motifs is 1. The molecule has 0 unspecified atom stereocenters. The first-order chi connectivity index (χ1) is 12.5. The summed E-state index contributed by atoms with van der Waals surface area (Å²) in [5.41, 5.74) is 3.64. The number of carbonyl (C=O) groups is 3. The normalized spacial score (nSPS) is 11.8. The molecule has 0 aliphatic rings. The molecule has 0 fully saturated rings. The maximum Gasteiger partial charge on any atom is 0.338 e. The van der Waals surface area contributed by atoms with Crippen LogP contribution in [0.25, 0.3) is 10.2 Å². The molecule has 7 heteroatoms. The van der Waals surface area contributed by atoms with Crippen LogP contribution in [-0.4, -0.2) is 28.7 Å². The molecule has 0 saturated carbocycles. The molecule has 0 aliphatic heterocycles. The zero-order valence-electron chi connectivity index (χ0n) is 14.2. The number of para-hydroxylation sites is 1. The fourth-order valence-electron chi connectivity index (χ4n) is 2.40. The monoisotopic (exact) mass is 368 g/mol. The van der Waals surface area contributed by atoms with E-state index in [4.69, 9.17) is 4.74 Å². The number of nitrogens with zero attached hydrogens (tertiary/aromatic N) is 1. The Labute approximate surface area is 153 Å². The molecule has 1 amide bonds. The van der Waals surface area contributed by atoms with Gasteiger partial charge in [0, 0.05) is 5.56 Å². The van der Waals surface area contributed by atoms with E-state index in [-0.39, 0.29) is 5.78 Å². The van der Waals surface area contributed by atoms with Gasteiger partial charge in [0.1, 0.15) is 0 Å². The first-order valence-electron chi connectivity index (χ1n) is 7.91. The van der Waals surface area contributed by atoms with E-state index in [0.717, 1.165) is 10.2 Å². The van der Waals surface area contributed by atoms with Crippen LogP contribution >= 0.6 is 11.3 Å². The van der Waals surface area contributed by atoms with E-state index in [1.165, 1.54) is 25.2 Å². The molecule has 0 aliphatic carbocycles. The highest BCUT2D eigenvalue weighted by Crippen LogP contribution is 2.20. The van der Waals surface area contributed by atoms with Crippen LogP contribution < -0.4 is 5.32 Å². The molecule has 0 radical (unpaired) electrons. The lowest BCUT2D eigenvalue weighted by Gasteiger charge is -2.15. The van der Waals surface area contributed by atoms with Crippen molar-refractivity contribution < 1.29 is 19.1 Å². The summed E-state index contributed by atoms with van der Waals surface area (Å²) in [6, 6.07) is 11.7. The number of benzene rings is 2. The van der Waals surface area contributed by atoms with E-state index in [1.54, 1.807) is 48.0 Å². The van der Waals surface area contributed by atoms with Gasteiger partial charge in [0.05, 0.1) is 27.0 Å². The molecule has 1 aromatic heterocycles. The number of Topliss-reactive ketones (excluding diaryl/α,β-unsaturated/α-hetero) is 1. The van der Waals surface area contributed by atoms with Crippen LogP contribution in [0.2, 0.25) is 0 Å². The van der Waals surface area contributed by atoms with Gasteiger partial charge in [-0.2, -0.15) is 0 Å². The van der Waals surface area contributed by atoms with E-state index >= 15 is 0 Å². The van der Waals surface area contributed by atoms with E-state index in [0.29, 0.717) is 16.8 Å². The minimum atomic E-state index is -1.01. The first kappa shape index (κ1) is 17.8. The third-order valence-electron chi connectivity index (χ3n) is 3.78. The average Bonchev–Trinajstić information content (AvgIpc) is 3.09. The largest absolute Gasteiger partial charge is 0.449 e. The number of thiazole rings is 1. The predicted octanol–water partition coefficient (Wildman–Crippen LogP) is 3.68. The highest BCUT2D eigenvalue weighted by molar-refractivity contribution is 7.16. The molecule has 0 bridgehead atoms. The van der Waals surface area contributed by atoms with Crippen molar-refractivity contribution in [1.29, 1.82) is 0 Å². The van der Waals surface area contributed by atoms with Crippen molar-refractivity contribution in [3.63, 3.8) is 0 Å². The maximum absolute atomic E-state index is 12.3. The van der Waals surface area contributed by atoms with Gasteiger partial charge < -0.3 is 10.1 Å². The average molecular weight is 368 g/mol. The number of hydrogen-bond donors (Lipinski definition) is 1. The van der Waals surface area contributed by atoms with E-state index < -0.39 is 18.0 Å². The molecule has 1 N–H and O–H groups in total. The summed E-state index contributed by atoms with van der Waals surface area (Å²) in [5, 5.41) is 2.63. The summed E-state index contributed by atoms with van der Waals surface area (Å²) >= 11 is 1.42. The summed E-state index contributed by atoms with van der Waals surface area (Å²) in [6.45, 7) is 2.90. The van der Waals surface area contributed by atoms with Crippen LogP contribution in [0.15, 0.2) is 48.0 Å². The van der Waals surface area contributed by atoms with Gasteiger partial charge in [0.2, 0.25) is 0 Å². The highest BCUT2D eigenvalue weighted by Gasteiger charge is 2.20. The van der Waals surface area contributed by atoms with Gasteiger partial charge in [-0.05, 0) is 44.2 Å². The van der Waals surface area contributed by atoms with Crippen molar-refractivity contribution in [3.05, 3.63) is 59.1 Å². The summed E-state index contributed by atoms with van der Waals surface area (Å²) in [6.07, 6.45) is -1.01. The Morgan fingerprint density at radius 1 is 1.15 bits per heavy atom. The minimum absolute atomic E-state index is 0.164. The van der Waals surface area contributed by atoms with Crippen LogP contribution in [0.3, 0.4) is 0 Å². The summed E-state index contributed by atoms with van der Waals surface area (Å²) in [5.74, 6) is -1.27. The number of hydrogen-bond acceptors (Lipinski definition) is 6. The number of aromatic nitrogens is 1. The third-order valence-corrected chi connectivity index (χ3v) is 4.58. The summed E-state index contributed by atoms with van der Waals surface area (Å²) in [4.78, 5) is 40.4. The van der Waals surface area contributed by atoms with E-state index in [1.807, 2.05) is 0 Å². The predicted molar refractivity (Wildman–Crippen MR) is 99.6 cm³/mol. The van der Waals surface area contributed by atoms with Gasteiger partial charge in [-0.15, -0.1) is 11.3 Å². The SMILES string of the molecule is CC(=O)c1ccccc1NC(=O)[C@H](C)OC(=O)c1ccc2ncsc2c1. The second-order valence-electron chi connectivity index (χ2n) is 5.67. The van der Waals surface area contributed by atoms with Crippen molar-refractivity contribution in [2.24, 2.45) is 0 Å². The quantitative estimate of drug-likeness (QED) is 0.548. The lowest BCUT2D eigenvalue weighted by molar-refractivity contribution is -0.123. The molecule has 2 aromatic carbocycles. The second-order valence-corrected chi connectivity index (χ2v) is 6.56. The molecule has 1 atom stereocenters. The molecular weight excluding hydrogens is 352 g/mol. The topological polar surface area (TPSA) is 85.4 Å². The second kappa shape index (κ2) is 7.45. The van der Waals surface area contributed by atoms with Crippen molar-refractivity contribution in [3.8, 4) is 0 Å². The first-order valence-corrected chi connectivity index (χ1v) is 8.78. The van der Waals surface area contributed by atoms with Gasteiger partial charge in [-0.25, -0.2) is 9.78 Å². The fourth-order valence-corrected chi connectivity index (χ4v) is 3.11. The standard InChI is InChI=1S/C19H16N2O4S/c1-11(22)14-5-3-4-6-15(14)21-18(23)12(2)25-19(24)13-7-8-16-17(9-13)26-10-20-16/h3-10,12H,1-2H3,(H,21,23)/t12-/m0/s1.